The first-order valence-electron chi connectivity index (χ1n) is 10.6. The minimum Gasteiger partial charge on any atom is -0.491 e. The van der Waals surface area contributed by atoms with Gasteiger partial charge in [-0.2, -0.15) is 5.10 Å². The number of aromatic nitrogens is 5. The van der Waals surface area contributed by atoms with Gasteiger partial charge in [-0.1, -0.05) is 0 Å². The minimum absolute atomic E-state index is 0.125. The second kappa shape index (κ2) is 8.22. The molecule has 0 radical (unpaired) electrons. The molecule has 1 N–H and O–H groups in total. The highest BCUT2D eigenvalue weighted by atomic mass is 16.5. The van der Waals surface area contributed by atoms with E-state index in [1.165, 1.54) is 0 Å². The SMILES string of the molecule is CC(C)Oc1ccc2[nH]nc(-c3ccnc(N4CCN(c5ncccn5)CC4)c3)c2c1. The topological polar surface area (TPSA) is 83.1 Å². The van der Waals surface area contributed by atoms with E-state index in [0.29, 0.717) is 0 Å². The maximum absolute atomic E-state index is 5.87. The van der Waals surface area contributed by atoms with Crippen LogP contribution in [0.3, 0.4) is 0 Å². The third kappa shape index (κ3) is 4.01. The molecular formula is C23H25N7O. The van der Waals surface area contributed by atoms with Gasteiger partial charge in [0.25, 0.3) is 0 Å². The van der Waals surface area contributed by atoms with E-state index in [0.717, 1.165) is 65.9 Å². The van der Waals surface area contributed by atoms with Gasteiger partial charge in [0.1, 0.15) is 17.3 Å². The number of aromatic amines is 1. The number of hydrogen-bond acceptors (Lipinski definition) is 7. The fourth-order valence-electron chi connectivity index (χ4n) is 3.89. The van der Waals surface area contributed by atoms with Crippen LogP contribution in [0.1, 0.15) is 13.8 Å². The van der Waals surface area contributed by atoms with Crippen LogP contribution in [0.2, 0.25) is 0 Å². The van der Waals surface area contributed by atoms with E-state index in [1.54, 1.807) is 12.4 Å². The van der Waals surface area contributed by atoms with Gasteiger partial charge in [0.2, 0.25) is 5.95 Å². The molecule has 1 saturated heterocycles. The van der Waals surface area contributed by atoms with Gasteiger partial charge in [0.15, 0.2) is 0 Å². The fraction of sp³-hybridized carbons (Fsp3) is 0.304. The van der Waals surface area contributed by atoms with Crippen molar-refractivity contribution in [3.8, 4) is 17.0 Å². The van der Waals surface area contributed by atoms with Crippen molar-refractivity contribution in [2.45, 2.75) is 20.0 Å². The highest BCUT2D eigenvalue weighted by molar-refractivity contribution is 5.94. The largest absolute Gasteiger partial charge is 0.491 e. The number of fused-ring (bicyclic) bond motifs is 1. The number of benzene rings is 1. The van der Waals surface area contributed by atoms with E-state index in [4.69, 9.17) is 4.74 Å². The van der Waals surface area contributed by atoms with Gasteiger partial charge in [-0.05, 0) is 50.2 Å². The lowest BCUT2D eigenvalue weighted by atomic mass is 10.1. The quantitative estimate of drug-likeness (QED) is 0.534. The van der Waals surface area contributed by atoms with Crippen molar-refractivity contribution >= 4 is 22.7 Å². The number of ether oxygens (including phenoxy) is 1. The van der Waals surface area contributed by atoms with E-state index >= 15 is 0 Å². The summed E-state index contributed by atoms with van der Waals surface area (Å²) in [4.78, 5) is 17.8. The van der Waals surface area contributed by atoms with E-state index in [2.05, 4.69) is 41.0 Å². The second-order valence-corrected chi connectivity index (χ2v) is 7.87. The van der Waals surface area contributed by atoms with Crippen molar-refractivity contribution < 1.29 is 4.74 Å². The van der Waals surface area contributed by atoms with E-state index < -0.39 is 0 Å². The molecule has 0 aliphatic carbocycles. The number of hydrogen-bond donors (Lipinski definition) is 1. The summed E-state index contributed by atoms with van der Waals surface area (Å²) in [6, 6.07) is 12.0. The Morgan fingerprint density at radius 3 is 2.45 bits per heavy atom. The molecule has 158 valence electrons. The molecule has 0 spiro atoms. The molecule has 8 nitrogen and oxygen atoms in total. The van der Waals surface area contributed by atoms with Crippen LogP contribution in [0.25, 0.3) is 22.2 Å². The number of anilines is 2. The Morgan fingerprint density at radius 1 is 0.903 bits per heavy atom. The van der Waals surface area contributed by atoms with Gasteiger partial charge in [-0.15, -0.1) is 0 Å². The zero-order valence-electron chi connectivity index (χ0n) is 17.7. The second-order valence-electron chi connectivity index (χ2n) is 7.87. The lowest BCUT2D eigenvalue weighted by Crippen LogP contribution is -2.47. The Kier molecular flexibility index (Phi) is 5.11. The predicted octanol–water partition coefficient (Wildman–Crippen LogP) is 3.53. The smallest absolute Gasteiger partial charge is 0.225 e. The minimum atomic E-state index is 0.125. The van der Waals surface area contributed by atoms with Gasteiger partial charge < -0.3 is 14.5 Å². The molecule has 3 aromatic heterocycles. The molecular weight excluding hydrogens is 390 g/mol. The van der Waals surface area contributed by atoms with Crippen molar-refractivity contribution in [2.24, 2.45) is 0 Å². The van der Waals surface area contributed by atoms with Crippen LogP contribution in [-0.2, 0) is 0 Å². The average Bonchev–Trinajstić information content (AvgIpc) is 3.23. The van der Waals surface area contributed by atoms with E-state index in [9.17, 15) is 0 Å². The number of pyridine rings is 1. The Balaban J connectivity index is 1.37. The number of H-pyrrole nitrogens is 1. The standard InChI is InChI=1S/C23H25N7O/c1-16(2)31-18-4-5-20-19(15-18)22(28-27-20)17-6-9-24-21(14-17)29-10-12-30(13-11-29)23-25-7-3-8-26-23/h3-9,14-16H,10-13H2,1-2H3,(H,27,28). The summed E-state index contributed by atoms with van der Waals surface area (Å²) in [5, 5.41) is 8.75. The van der Waals surface area contributed by atoms with Crippen LogP contribution in [0.4, 0.5) is 11.8 Å². The summed E-state index contributed by atoms with van der Waals surface area (Å²) >= 11 is 0. The summed E-state index contributed by atoms with van der Waals surface area (Å²) in [6.07, 6.45) is 5.55. The Morgan fingerprint density at radius 2 is 1.68 bits per heavy atom. The van der Waals surface area contributed by atoms with Crippen LogP contribution in [0, 0.1) is 0 Å². The van der Waals surface area contributed by atoms with Crippen molar-refractivity contribution in [3.05, 3.63) is 55.0 Å². The summed E-state index contributed by atoms with van der Waals surface area (Å²) in [6.45, 7) is 7.50. The number of rotatable bonds is 5. The molecule has 1 aliphatic heterocycles. The fourth-order valence-corrected chi connectivity index (χ4v) is 3.89. The van der Waals surface area contributed by atoms with Crippen LogP contribution in [0.15, 0.2) is 55.0 Å². The first kappa shape index (κ1) is 19.3. The molecule has 5 rings (SSSR count). The summed E-state index contributed by atoms with van der Waals surface area (Å²) in [5.41, 5.74) is 2.93. The predicted molar refractivity (Wildman–Crippen MR) is 122 cm³/mol. The summed E-state index contributed by atoms with van der Waals surface area (Å²) < 4.78 is 5.87. The van der Waals surface area contributed by atoms with Crippen LogP contribution >= 0.6 is 0 Å². The molecule has 0 amide bonds. The summed E-state index contributed by atoms with van der Waals surface area (Å²) in [5.74, 6) is 2.59. The zero-order chi connectivity index (χ0) is 21.2. The Labute approximate surface area is 180 Å². The Bertz CT molecular complexity index is 1170. The highest BCUT2D eigenvalue weighted by Crippen LogP contribution is 2.31. The van der Waals surface area contributed by atoms with Crippen molar-refractivity contribution in [2.75, 3.05) is 36.0 Å². The monoisotopic (exact) mass is 415 g/mol. The van der Waals surface area contributed by atoms with Gasteiger partial charge in [-0.25, -0.2) is 15.0 Å². The molecule has 0 bridgehead atoms. The molecule has 1 aromatic carbocycles. The lowest BCUT2D eigenvalue weighted by Gasteiger charge is -2.35. The first-order valence-corrected chi connectivity index (χ1v) is 10.6. The van der Waals surface area contributed by atoms with Crippen LogP contribution < -0.4 is 14.5 Å². The van der Waals surface area contributed by atoms with Crippen molar-refractivity contribution in [3.63, 3.8) is 0 Å². The highest BCUT2D eigenvalue weighted by Gasteiger charge is 2.20. The molecule has 4 heterocycles. The van der Waals surface area contributed by atoms with Gasteiger partial charge in [0.05, 0.1) is 11.6 Å². The van der Waals surface area contributed by atoms with E-state index in [-0.39, 0.29) is 6.10 Å². The maximum Gasteiger partial charge on any atom is 0.225 e. The molecule has 1 aliphatic rings. The van der Waals surface area contributed by atoms with Crippen LogP contribution in [0.5, 0.6) is 5.75 Å². The Hall–Kier alpha value is -3.68. The van der Waals surface area contributed by atoms with E-state index in [1.807, 2.05) is 50.4 Å². The normalized spacial score (nSPS) is 14.4. The molecule has 0 unspecified atom stereocenters. The maximum atomic E-state index is 5.87. The van der Waals surface area contributed by atoms with Gasteiger partial charge in [-0.3, -0.25) is 5.10 Å². The van der Waals surface area contributed by atoms with Crippen molar-refractivity contribution in [1.29, 1.82) is 0 Å². The number of nitrogens with zero attached hydrogens (tertiary/aromatic N) is 6. The molecule has 0 atom stereocenters. The van der Waals surface area contributed by atoms with Crippen LogP contribution in [-0.4, -0.2) is 57.4 Å². The zero-order valence-corrected chi connectivity index (χ0v) is 17.7. The molecule has 8 heteroatoms. The molecule has 31 heavy (non-hydrogen) atoms. The molecule has 4 aromatic rings. The lowest BCUT2D eigenvalue weighted by molar-refractivity contribution is 0.243. The van der Waals surface area contributed by atoms with Crippen molar-refractivity contribution in [1.82, 2.24) is 25.1 Å². The first-order chi connectivity index (χ1) is 15.2. The number of piperazine rings is 1. The number of nitrogens with one attached hydrogen (secondary N) is 1. The molecule has 1 fully saturated rings. The third-order valence-corrected chi connectivity index (χ3v) is 5.36. The average molecular weight is 416 g/mol. The van der Waals surface area contributed by atoms with Gasteiger partial charge >= 0.3 is 0 Å². The van der Waals surface area contributed by atoms with Gasteiger partial charge in [0, 0.05) is 55.7 Å². The third-order valence-electron chi connectivity index (χ3n) is 5.36. The molecule has 0 saturated carbocycles. The summed E-state index contributed by atoms with van der Waals surface area (Å²) in [7, 11) is 0.